The van der Waals surface area contributed by atoms with Crippen LogP contribution in [-0.2, 0) is 0 Å². The van der Waals surface area contributed by atoms with Crippen molar-refractivity contribution in [3.05, 3.63) is 82.4 Å². The number of rotatable bonds is 9. The average Bonchev–Trinajstić information content (AvgIpc) is 3.35. The standard InChI is InChI=1S/C29H31ClN2O4/c1-4-6-15-35-27-13-9-20(16-28(27)33-3)29-32-25(23-17-21(30)10-14-26(23)36-29)18-24(31-32)19-7-11-22(12-8-19)34-5-2/h7-14,16-17,25,29H,4-6,15,18H2,1-3H3/t25-,29+/m1/s1. The van der Waals surface area contributed by atoms with Gasteiger partial charge in [0.2, 0.25) is 6.23 Å². The van der Waals surface area contributed by atoms with E-state index in [4.69, 9.17) is 35.6 Å². The Bertz CT molecular complexity index is 1240. The lowest BCUT2D eigenvalue weighted by atomic mass is 9.96. The highest BCUT2D eigenvalue weighted by molar-refractivity contribution is 6.30. The number of unbranched alkanes of at least 4 members (excludes halogenated alkanes) is 1. The van der Waals surface area contributed by atoms with Crippen LogP contribution in [0.15, 0.2) is 65.8 Å². The fraction of sp³-hybridized carbons (Fsp3) is 0.345. The van der Waals surface area contributed by atoms with Gasteiger partial charge in [-0.1, -0.05) is 24.9 Å². The number of hydrogen-bond donors (Lipinski definition) is 0. The molecule has 2 heterocycles. The third-order valence-electron chi connectivity index (χ3n) is 6.48. The molecule has 0 spiro atoms. The predicted octanol–water partition coefficient (Wildman–Crippen LogP) is 7.17. The average molecular weight is 507 g/mol. The van der Waals surface area contributed by atoms with Crippen molar-refractivity contribution in [2.24, 2.45) is 5.10 Å². The Morgan fingerprint density at radius 2 is 1.83 bits per heavy atom. The summed E-state index contributed by atoms with van der Waals surface area (Å²) in [5.41, 5.74) is 4.04. The van der Waals surface area contributed by atoms with Gasteiger partial charge in [0.1, 0.15) is 11.5 Å². The number of fused-ring (bicyclic) bond motifs is 3. The lowest BCUT2D eigenvalue weighted by Gasteiger charge is -2.38. The fourth-order valence-electron chi connectivity index (χ4n) is 4.65. The molecule has 2 atom stereocenters. The van der Waals surface area contributed by atoms with Gasteiger partial charge in [0.15, 0.2) is 11.5 Å². The Kier molecular flexibility index (Phi) is 7.23. The molecular weight excluding hydrogens is 476 g/mol. The van der Waals surface area contributed by atoms with Crippen LogP contribution in [0, 0.1) is 0 Å². The first-order chi connectivity index (χ1) is 17.6. The monoisotopic (exact) mass is 506 g/mol. The summed E-state index contributed by atoms with van der Waals surface area (Å²) in [7, 11) is 1.66. The molecule has 3 aromatic rings. The molecule has 0 N–H and O–H groups in total. The Labute approximate surface area is 217 Å². The van der Waals surface area contributed by atoms with Gasteiger partial charge in [-0.3, -0.25) is 0 Å². The van der Waals surface area contributed by atoms with Crippen molar-refractivity contribution in [3.8, 4) is 23.0 Å². The van der Waals surface area contributed by atoms with Crippen molar-refractivity contribution in [1.29, 1.82) is 0 Å². The highest BCUT2D eigenvalue weighted by Gasteiger charge is 2.41. The maximum atomic E-state index is 6.50. The molecule has 0 aromatic heterocycles. The normalized spacial score (nSPS) is 18.1. The molecule has 0 bridgehead atoms. The zero-order chi connectivity index (χ0) is 25.1. The second-order valence-electron chi connectivity index (χ2n) is 8.87. The van der Waals surface area contributed by atoms with E-state index in [1.165, 1.54) is 0 Å². The van der Waals surface area contributed by atoms with Crippen molar-refractivity contribution in [3.63, 3.8) is 0 Å². The maximum Gasteiger partial charge on any atom is 0.214 e. The van der Waals surface area contributed by atoms with E-state index < -0.39 is 6.23 Å². The zero-order valence-electron chi connectivity index (χ0n) is 20.9. The van der Waals surface area contributed by atoms with Crippen molar-refractivity contribution in [1.82, 2.24) is 5.01 Å². The Hall–Kier alpha value is -3.38. The number of methoxy groups -OCH3 is 1. The van der Waals surface area contributed by atoms with Gasteiger partial charge >= 0.3 is 0 Å². The first kappa shape index (κ1) is 24.3. The molecule has 6 nitrogen and oxygen atoms in total. The zero-order valence-corrected chi connectivity index (χ0v) is 21.6. The minimum absolute atomic E-state index is 0.00509. The van der Waals surface area contributed by atoms with E-state index in [2.05, 4.69) is 19.1 Å². The molecule has 0 amide bonds. The molecule has 2 aliphatic heterocycles. The topological polar surface area (TPSA) is 52.5 Å². The summed E-state index contributed by atoms with van der Waals surface area (Å²) in [6, 6.07) is 19.8. The molecule has 7 heteroatoms. The van der Waals surface area contributed by atoms with Gasteiger partial charge in [-0.25, -0.2) is 5.01 Å². The van der Waals surface area contributed by atoms with Crippen LogP contribution in [0.3, 0.4) is 0 Å². The molecule has 0 aliphatic carbocycles. The Morgan fingerprint density at radius 3 is 2.58 bits per heavy atom. The van der Waals surface area contributed by atoms with Crippen LogP contribution < -0.4 is 18.9 Å². The second-order valence-corrected chi connectivity index (χ2v) is 9.31. The third-order valence-corrected chi connectivity index (χ3v) is 6.71. The Balaban J connectivity index is 1.50. The molecule has 188 valence electrons. The van der Waals surface area contributed by atoms with E-state index in [0.717, 1.165) is 58.9 Å². The lowest BCUT2D eigenvalue weighted by molar-refractivity contribution is -0.0191. The van der Waals surface area contributed by atoms with E-state index in [9.17, 15) is 0 Å². The van der Waals surface area contributed by atoms with E-state index in [-0.39, 0.29) is 6.04 Å². The minimum Gasteiger partial charge on any atom is -0.494 e. The summed E-state index contributed by atoms with van der Waals surface area (Å²) < 4.78 is 23.7. The molecule has 0 fully saturated rings. The van der Waals surface area contributed by atoms with Crippen molar-refractivity contribution >= 4 is 17.3 Å². The van der Waals surface area contributed by atoms with Crippen LogP contribution in [0.1, 0.15) is 62.1 Å². The summed E-state index contributed by atoms with van der Waals surface area (Å²) in [5, 5.41) is 7.77. The maximum absolute atomic E-state index is 6.50. The number of benzene rings is 3. The minimum atomic E-state index is -0.414. The molecule has 5 rings (SSSR count). The highest BCUT2D eigenvalue weighted by Crippen LogP contribution is 2.49. The summed E-state index contributed by atoms with van der Waals surface area (Å²) in [4.78, 5) is 0. The number of hydrazone groups is 1. The van der Waals surface area contributed by atoms with Gasteiger partial charge in [-0.15, -0.1) is 0 Å². The van der Waals surface area contributed by atoms with Crippen molar-refractivity contribution in [2.75, 3.05) is 20.3 Å². The predicted molar refractivity (Wildman–Crippen MR) is 142 cm³/mol. The van der Waals surface area contributed by atoms with Gasteiger partial charge in [0.25, 0.3) is 0 Å². The van der Waals surface area contributed by atoms with Gasteiger partial charge in [-0.2, -0.15) is 5.10 Å². The van der Waals surface area contributed by atoms with Gasteiger partial charge in [-0.05, 0) is 79.6 Å². The van der Waals surface area contributed by atoms with E-state index in [1.54, 1.807) is 7.11 Å². The quantitative estimate of drug-likeness (QED) is 0.288. The molecule has 3 aromatic carbocycles. The van der Waals surface area contributed by atoms with Crippen LogP contribution >= 0.6 is 11.6 Å². The van der Waals surface area contributed by atoms with Crippen LogP contribution in [0.4, 0.5) is 0 Å². The first-order valence-corrected chi connectivity index (χ1v) is 12.8. The molecule has 0 unspecified atom stereocenters. The Morgan fingerprint density at radius 1 is 1.00 bits per heavy atom. The molecule has 2 aliphatic rings. The molecule has 0 saturated heterocycles. The van der Waals surface area contributed by atoms with Crippen LogP contribution in [0.25, 0.3) is 0 Å². The molecule has 0 radical (unpaired) electrons. The fourth-order valence-corrected chi connectivity index (χ4v) is 4.83. The van der Waals surface area contributed by atoms with Crippen LogP contribution in [0.2, 0.25) is 5.02 Å². The largest absolute Gasteiger partial charge is 0.494 e. The number of halogens is 1. The summed E-state index contributed by atoms with van der Waals surface area (Å²) in [6.45, 7) is 5.42. The summed E-state index contributed by atoms with van der Waals surface area (Å²) >= 11 is 6.37. The van der Waals surface area contributed by atoms with E-state index in [1.807, 2.05) is 60.5 Å². The van der Waals surface area contributed by atoms with Crippen LogP contribution in [0.5, 0.6) is 23.0 Å². The van der Waals surface area contributed by atoms with Gasteiger partial charge < -0.3 is 18.9 Å². The number of ether oxygens (including phenoxy) is 4. The van der Waals surface area contributed by atoms with E-state index >= 15 is 0 Å². The highest BCUT2D eigenvalue weighted by atomic mass is 35.5. The van der Waals surface area contributed by atoms with Gasteiger partial charge in [0.05, 0.1) is 32.1 Å². The van der Waals surface area contributed by atoms with E-state index in [0.29, 0.717) is 24.0 Å². The third kappa shape index (κ3) is 4.82. The van der Waals surface area contributed by atoms with Crippen molar-refractivity contribution < 1.29 is 18.9 Å². The second kappa shape index (κ2) is 10.7. The molecular formula is C29H31ClN2O4. The SMILES string of the molecule is CCCCOc1ccc([C@@H]2Oc3ccc(Cl)cc3[C@H]3CC(c4ccc(OCC)cc4)=NN32)cc1OC. The van der Waals surface area contributed by atoms with Gasteiger partial charge in [0, 0.05) is 22.6 Å². The number of hydrogen-bond acceptors (Lipinski definition) is 6. The number of nitrogens with zero attached hydrogens (tertiary/aromatic N) is 2. The lowest BCUT2D eigenvalue weighted by Crippen LogP contribution is -2.33. The molecule has 0 saturated carbocycles. The van der Waals surface area contributed by atoms with Crippen molar-refractivity contribution in [2.45, 2.75) is 45.4 Å². The van der Waals surface area contributed by atoms with Crippen LogP contribution in [-0.4, -0.2) is 31.0 Å². The smallest absolute Gasteiger partial charge is 0.214 e. The summed E-state index contributed by atoms with van der Waals surface area (Å²) in [5.74, 6) is 3.08. The first-order valence-electron chi connectivity index (χ1n) is 12.5. The molecule has 36 heavy (non-hydrogen) atoms. The summed E-state index contributed by atoms with van der Waals surface area (Å²) in [6.07, 6.45) is 2.40.